The summed E-state index contributed by atoms with van der Waals surface area (Å²) in [7, 11) is 0. The molecule has 1 aliphatic carbocycles. The summed E-state index contributed by atoms with van der Waals surface area (Å²) in [4.78, 5) is 9.32. The molecular weight excluding hydrogens is 472 g/mol. The van der Waals surface area contributed by atoms with E-state index in [0.29, 0.717) is 0 Å². The number of nitrogens with zero attached hydrogens (tertiary/aromatic N) is 2. The van der Waals surface area contributed by atoms with Gasteiger partial charge in [0.25, 0.3) is 0 Å². The summed E-state index contributed by atoms with van der Waals surface area (Å²) < 4.78 is 0. The van der Waals surface area contributed by atoms with Crippen molar-refractivity contribution in [1.29, 1.82) is 0 Å². The summed E-state index contributed by atoms with van der Waals surface area (Å²) in [6.07, 6.45) is 22.2. The highest BCUT2D eigenvalue weighted by atomic mass is 14.8. The van der Waals surface area contributed by atoms with E-state index >= 15 is 0 Å². The van der Waals surface area contributed by atoms with Gasteiger partial charge in [-0.1, -0.05) is 139 Å². The molecule has 0 fully saturated rings. The van der Waals surface area contributed by atoms with Crippen LogP contribution in [0.3, 0.4) is 0 Å². The summed E-state index contributed by atoms with van der Waals surface area (Å²) in [5.41, 5.74) is 10.5. The first-order valence-electron chi connectivity index (χ1n) is 15.7. The third-order valence-electron chi connectivity index (χ3n) is 8.99. The van der Waals surface area contributed by atoms with E-state index < -0.39 is 0 Å². The maximum Gasteiger partial charge on any atom is 0.0965 e. The van der Waals surface area contributed by atoms with Gasteiger partial charge in [0.15, 0.2) is 0 Å². The normalized spacial score (nSPS) is 13.5. The SMILES string of the molecule is CCCCCCCCC1(CCCCCCCC)c2ccccc2-c2ccc(-c3cccc4nccnc34)cc21. The van der Waals surface area contributed by atoms with Crippen molar-refractivity contribution in [3.63, 3.8) is 0 Å². The predicted octanol–water partition coefficient (Wildman–Crippen LogP) is 11.1. The van der Waals surface area contributed by atoms with E-state index in [9.17, 15) is 0 Å². The van der Waals surface area contributed by atoms with E-state index in [1.165, 1.54) is 112 Å². The smallest absolute Gasteiger partial charge is 0.0965 e. The van der Waals surface area contributed by atoms with E-state index in [-0.39, 0.29) is 5.41 Å². The van der Waals surface area contributed by atoms with Crippen molar-refractivity contribution in [2.75, 3.05) is 0 Å². The Kier molecular flexibility index (Phi) is 9.45. The topological polar surface area (TPSA) is 25.8 Å². The average molecular weight is 519 g/mol. The second-order valence-corrected chi connectivity index (χ2v) is 11.7. The number of hydrogen-bond donors (Lipinski definition) is 0. The van der Waals surface area contributed by atoms with Crippen LogP contribution in [-0.2, 0) is 5.41 Å². The Balaban J connectivity index is 1.52. The third kappa shape index (κ3) is 5.96. The summed E-state index contributed by atoms with van der Waals surface area (Å²) in [5.74, 6) is 0. The number of para-hydroxylation sites is 1. The van der Waals surface area contributed by atoms with Gasteiger partial charge in [-0.05, 0) is 52.8 Å². The van der Waals surface area contributed by atoms with Crippen molar-refractivity contribution in [3.05, 3.63) is 84.2 Å². The van der Waals surface area contributed by atoms with E-state index in [0.717, 1.165) is 11.0 Å². The summed E-state index contributed by atoms with van der Waals surface area (Å²) >= 11 is 0. The lowest BCUT2D eigenvalue weighted by Crippen LogP contribution is -2.25. The lowest BCUT2D eigenvalue weighted by Gasteiger charge is -2.33. The molecule has 0 saturated heterocycles. The molecular formula is C37H46N2. The summed E-state index contributed by atoms with van der Waals surface area (Å²) in [6, 6.07) is 22.9. The Morgan fingerprint density at radius 2 is 1.15 bits per heavy atom. The van der Waals surface area contributed by atoms with Crippen LogP contribution in [0.5, 0.6) is 0 Å². The van der Waals surface area contributed by atoms with Crippen molar-refractivity contribution in [3.8, 4) is 22.3 Å². The molecule has 4 aromatic rings. The third-order valence-corrected chi connectivity index (χ3v) is 8.99. The highest BCUT2D eigenvalue weighted by Gasteiger charge is 2.42. The average Bonchev–Trinajstić information content (AvgIpc) is 3.25. The van der Waals surface area contributed by atoms with Crippen LogP contribution in [-0.4, -0.2) is 9.97 Å². The van der Waals surface area contributed by atoms with Gasteiger partial charge in [-0.15, -0.1) is 0 Å². The molecule has 1 aromatic heterocycles. The van der Waals surface area contributed by atoms with Crippen LogP contribution in [0.4, 0.5) is 0 Å². The fourth-order valence-electron chi connectivity index (χ4n) is 6.93. The van der Waals surface area contributed by atoms with E-state index in [1.807, 2.05) is 6.20 Å². The minimum absolute atomic E-state index is 0.105. The molecule has 0 N–H and O–H groups in total. The Labute approximate surface area is 236 Å². The highest BCUT2D eigenvalue weighted by molar-refractivity contribution is 5.93. The van der Waals surface area contributed by atoms with Crippen LogP contribution in [0.15, 0.2) is 73.1 Å². The van der Waals surface area contributed by atoms with Gasteiger partial charge in [-0.3, -0.25) is 9.97 Å². The van der Waals surface area contributed by atoms with Gasteiger partial charge >= 0.3 is 0 Å². The fourth-order valence-corrected chi connectivity index (χ4v) is 6.93. The van der Waals surface area contributed by atoms with E-state index in [1.54, 1.807) is 17.3 Å². The molecule has 0 bridgehead atoms. The molecule has 39 heavy (non-hydrogen) atoms. The van der Waals surface area contributed by atoms with Crippen molar-refractivity contribution < 1.29 is 0 Å². The van der Waals surface area contributed by atoms with Crippen LogP contribution in [0.25, 0.3) is 33.3 Å². The number of benzene rings is 3. The number of aromatic nitrogens is 2. The van der Waals surface area contributed by atoms with Crippen molar-refractivity contribution >= 4 is 11.0 Å². The molecule has 204 valence electrons. The minimum atomic E-state index is 0.105. The monoisotopic (exact) mass is 518 g/mol. The first-order chi connectivity index (χ1) is 19.3. The lowest BCUT2D eigenvalue weighted by molar-refractivity contribution is 0.398. The number of rotatable bonds is 15. The molecule has 3 aromatic carbocycles. The minimum Gasteiger partial charge on any atom is -0.253 e. The number of hydrogen-bond acceptors (Lipinski definition) is 2. The van der Waals surface area contributed by atoms with Gasteiger partial charge in [-0.25, -0.2) is 0 Å². The van der Waals surface area contributed by atoms with Crippen LogP contribution in [0, 0.1) is 0 Å². The summed E-state index contributed by atoms with van der Waals surface area (Å²) in [6.45, 7) is 4.61. The Morgan fingerprint density at radius 3 is 1.90 bits per heavy atom. The quantitative estimate of drug-likeness (QED) is 0.146. The molecule has 0 saturated carbocycles. The molecule has 0 spiro atoms. The largest absolute Gasteiger partial charge is 0.253 e. The van der Waals surface area contributed by atoms with Crippen LogP contribution in [0.1, 0.15) is 115 Å². The number of fused-ring (bicyclic) bond motifs is 4. The van der Waals surface area contributed by atoms with Crippen molar-refractivity contribution in [1.82, 2.24) is 9.97 Å². The van der Waals surface area contributed by atoms with Gasteiger partial charge in [-0.2, -0.15) is 0 Å². The van der Waals surface area contributed by atoms with Gasteiger partial charge in [0.1, 0.15) is 0 Å². The van der Waals surface area contributed by atoms with E-state index in [2.05, 4.69) is 79.5 Å². The molecule has 2 heteroatoms. The van der Waals surface area contributed by atoms with Crippen LogP contribution < -0.4 is 0 Å². The molecule has 5 rings (SSSR count). The number of unbranched alkanes of at least 4 members (excludes halogenated alkanes) is 10. The molecule has 2 nitrogen and oxygen atoms in total. The van der Waals surface area contributed by atoms with Crippen molar-refractivity contribution in [2.24, 2.45) is 0 Å². The molecule has 0 unspecified atom stereocenters. The van der Waals surface area contributed by atoms with Crippen LogP contribution in [0.2, 0.25) is 0 Å². The predicted molar refractivity (Wildman–Crippen MR) is 167 cm³/mol. The molecule has 0 radical (unpaired) electrons. The molecule has 0 amide bonds. The maximum atomic E-state index is 4.73. The van der Waals surface area contributed by atoms with E-state index in [4.69, 9.17) is 4.98 Å². The molecule has 1 aliphatic rings. The lowest BCUT2D eigenvalue weighted by atomic mass is 9.70. The van der Waals surface area contributed by atoms with Gasteiger partial charge < -0.3 is 0 Å². The Morgan fingerprint density at radius 1 is 0.538 bits per heavy atom. The van der Waals surface area contributed by atoms with Crippen molar-refractivity contribution in [2.45, 2.75) is 109 Å². The van der Waals surface area contributed by atoms with Gasteiger partial charge in [0.2, 0.25) is 0 Å². The second-order valence-electron chi connectivity index (χ2n) is 11.7. The zero-order valence-electron chi connectivity index (χ0n) is 24.2. The highest BCUT2D eigenvalue weighted by Crippen LogP contribution is 2.55. The zero-order chi connectivity index (χ0) is 26.9. The Bertz CT molecular complexity index is 1330. The molecule has 1 heterocycles. The summed E-state index contributed by atoms with van der Waals surface area (Å²) in [5, 5.41) is 0. The molecule has 0 atom stereocenters. The maximum absolute atomic E-state index is 4.73. The zero-order valence-corrected chi connectivity index (χ0v) is 24.2. The second kappa shape index (κ2) is 13.4. The first kappa shape index (κ1) is 27.6. The first-order valence-corrected chi connectivity index (χ1v) is 15.7. The van der Waals surface area contributed by atoms with Gasteiger partial charge in [0, 0.05) is 23.4 Å². The Hall–Kier alpha value is -3.00. The fraction of sp³-hybridized carbons (Fsp3) is 0.459. The van der Waals surface area contributed by atoms with Crippen LogP contribution >= 0.6 is 0 Å². The molecule has 0 aliphatic heterocycles. The standard InChI is InChI=1S/C37H46N2/c1-3-5-7-9-11-15-24-37(25-16-12-10-8-6-4-2)33-20-14-13-18-31(33)32-23-22-29(28-34(32)37)30-19-17-21-35-36(30)39-27-26-38-35/h13-14,17-23,26-28H,3-12,15-16,24-25H2,1-2H3. The van der Waals surface area contributed by atoms with Gasteiger partial charge in [0.05, 0.1) is 11.0 Å².